The van der Waals surface area contributed by atoms with E-state index in [9.17, 15) is 45.0 Å². The van der Waals surface area contributed by atoms with E-state index in [2.05, 4.69) is 10.6 Å². The molecule has 3 aromatic carbocycles. The second-order valence-corrected chi connectivity index (χ2v) is 14.1. The summed E-state index contributed by atoms with van der Waals surface area (Å²) >= 11 is 0. The summed E-state index contributed by atoms with van der Waals surface area (Å²) in [6.45, 7) is 0.150. The first-order chi connectivity index (χ1) is 28.0. The van der Waals surface area contributed by atoms with E-state index >= 15 is 0 Å². The molecule has 0 spiro atoms. The maximum absolute atomic E-state index is 14.1. The molecular formula is C42H48N2O14. The van der Waals surface area contributed by atoms with Crippen LogP contribution in [0, 0.1) is 0 Å². The Morgan fingerprint density at radius 3 is 2.19 bits per heavy atom. The number of rotatable bonds is 15. The van der Waals surface area contributed by atoms with Crippen LogP contribution >= 0.6 is 0 Å². The van der Waals surface area contributed by atoms with Gasteiger partial charge in [-0.1, -0.05) is 91.0 Å². The number of amides is 2. The SMILES string of the molecule is CC(O)C(NC(=O)C1=CC2OC(c3ccccc3)(c3ccccc3)OC2C(OC(=O)c2ccccc2C=CCOC2OC(CO)C(O)C(O)C2O)C1)C(=O)NCCO. The Balaban J connectivity index is 1.26. The van der Waals surface area contributed by atoms with Gasteiger partial charge in [-0.15, -0.1) is 0 Å². The number of hydrogen-bond donors (Lipinski definition) is 8. The van der Waals surface area contributed by atoms with Crippen LogP contribution in [-0.2, 0) is 39.1 Å². The van der Waals surface area contributed by atoms with Gasteiger partial charge in [0.25, 0.3) is 0 Å². The molecule has 0 bridgehead atoms. The first-order valence-electron chi connectivity index (χ1n) is 18.9. The Morgan fingerprint density at radius 2 is 1.55 bits per heavy atom. The van der Waals surface area contributed by atoms with Crippen molar-refractivity contribution >= 4 is 23.9 Å². The first-order valence-corrected chi connectivity index (χ1v) is 18.9. The first kappa shape index (κ1) is 42.7. The van der Waals surface area contributed by atoms with Crippen molar-refractivity contribution in [1.29, 1.82) is 0 Å². The van der Waals surface area contributed by atoms with E-state index in [4.69, 9.17) is 23.7 Å². The second kappa shape index (κ2) is 19.3. The molecule has 6 rings (SSSR count). The zero-order valence-corrected chi connectivity index (χ0v) is 31.6. The Labute approximate surface area is 334 Å². The minimum Gasteiger partial charge on any atom is -0.456 e. The lowest BCUT2D eigenvalue weighted by molar-refractivity contribution is -0.298. The molecule has 10 atom stereocenters. The van der Waals surface area contributed by atoms with Crippen molar-refractivity contribution in [3.05, 3.63) is 125 Å². The van der Waals surface area contributed by atoms with Crippen LogP contribution in [0.2, 0.25) is 0 Å². The molecule has 1 aliphatic carbocycles. The third kappa shape index (κ3) is 9.37. The van der Waals surface area contributed by atoms with E-state index in [0.717, 1.165) is 0 Å². The summed E-state index contributed by atoms with van der Waals surface area (Å²) in [5.74, 6) is -3.65. The van der Waals surface area contributed by atoms with Gasteiger partial charge in [-0.05, 0) is 24.6 Å². The van der Waals surface area contributed by atoms with Crippen LogP contribution in [0.3, 0.4) is 0 Å². The molecule has 2 aliphatic heterocycles. The number of fused-ring (bicyclic) bond motifs is 1. The molecule has 2 fully saturated rings. The number of ether oxygens (including phenoxy) is 5. The maximum Gasteiger partial charge on any atom is 0.339 e. The second-order valence-electron chi connectivity index (χ2n) is 14.1. The molecule has 0 saturated carbocycles. The predicted molar refractivity (Wildman–Crippen MR) is 204 cm³/mol. The Hall–Kier alpha value is -4.85. The molecule has 8 N–H and O–H groups in total. The van der Waals surface area contributed by atoms with Crippen molar-refractivity contribution in [3.8, 4) is 0 Å². The molecule has 10 unspecified atom stereocenters. The Bertz CT molecular complexity index is 1880. The van der Waals surface area contributed by atoms with Crippen LogP contribution in [0.25, 0.3) is 6.08 Å². The van der Waals surface area contributed by atoms with Crippen LogP contribution < -0.4 is 10.6 Å². The fraction of sp³-hybridized carbons (Fsp3) is 0.405. The van der Waals surface area contributed by atoms with Gasteiger partial charge in [0.05, 0.1) is 31.5 Å². The molecular weight excluding hydrogens is 756 g/mol. The highest BCUT2D eigenvalue weighted by Gasteiger charge is 2.55. The average molecular weight is 805 g/mol. The lowest BCUT2D eigenvalue weighted by Crippen LogP contribution is -2.59. The standard InChI is InChI=1S/C42H48N2O14/c1-24(47)33(39(52)43-18-19-45)44-38(51)26-21-30(37-31(22-26)57-42(58-37,27-13-4-2-5-14-27)28-15-6-3-7-16-28)55-40(53)29-17-9-8-11-25(29)12-10-20-54-41-36(50)35(49)34(48)32(23-46)56-41/h2-17,22,24,30-37,41,45-50H,18-21,23H2,1H3,(H,43,52)(H,44,51). The number of carbonyl (C=O) groups excluding carboxylic acids is 3. The zero-order valence-electron chi connectivity index (χ0n) is 31.6. The lowest BCUT2D eigenvalue weighted by Gasteiger charge is -2.39. The summed E-state index contributed by atoms with van der Waals surface area (Å²) in [6.07, 6.45) is -6.94. The minimum atomic E-state index is -1.60. The van der Waals surface area contributed by atoms with Gasteiger partial charge in [0.2, 0.25) is 17.6 Å². The number of aliphatic hydroxyl groups excluding tert-OH is 6. The number of esters is 1. The lowest BCUT2D eigenvalue weighted by atomic mass is 9.91. The van der Waals surface area contributed by atoms with E-state index < -0.39 is 91.3 Å². The molecule has 0 radical (unpaired) electrons. The van der Waals surface area contributed by atoms with E-state index in [1.165, 1.54) is 13.0 Å². The molecule has 310 valence electrons. The molecule has 2 amide bonds. The van der Waals surface area contributed by atoms with Gasteiger partial charge >= 0.3 is 5.97 Å². The van der Waals surface area contributed by atoms with E-state index in [1.54, 1.807) is 36.4 Å². The topological polar surface area (TPSA) is 243 Å². The highest BCUT2D eigenvalue weighted by atomic mass is 16.8. The van der Waals surface area contributed by atoms with Crippen molar-refractivity contribution in [2.45, 2.75) is 80.3 Å². The fourth-order valence-corrected chi connectivity index (χ4v) is 7.08. The Kier molecular flexibility index (Phi) is 14.2. The van der Waals surface area contributed by atoms with E-state index in [0.29, 0.717) is 16.7 Å². The third-order valence-electron chi connectivity index (χ3n) is 10.1. The van der Waals surface area contributed by atoms with E-state index in [1.807, 2.05) is 60.7 Å². The molecule has 2 heterocycles. The summed E-state index contributed by atoms with van der Waals surface area (Å²) in [6, 6.07) is 23.6. The van der Waals surface area contributed by atoms with Crippen molar-refractivity contribution in [2.24, 2.45) is 0 Å². The normalized spacial score (nSPS) is 27.5. The average Bonchev–Trinajstić information content (AvgIpc) is 3.65. The van der Waals surface area contributed by atoms with Crippen LogP contribution in [0.4, 0.5) is 0 Å². The van der Waals surface area contributed by atoms with Gasteiger partial charge in [0.15, 0.2) is 6.29 Å². The predicted octanol–water partition coefficient (Wildman–Crippen LogP) is 0.0312. The Morgan fingerprint density at radius 1 is 0.897 bits per heavy atom. The maximum atomic E-state index is 14.1. The molecule has 2 saturated heterocycles. The summed E-state index contributed by atoms with van der Waals surface area (Å²) < 4.78 is 30.6. The quantitative estimate of drug-likeness (QED) is 0.0947. The summed E-state index contributed by atoms with van der Waals surface area (Å²) in [5, 5.41) is 64.5. The van der Waals surface area contributed by atoms with Crippen LogP contribution in [-0.4, -0.2) is 136 Å². The van der Waals surface area contributed by atoms with Crippen molar-refractivity contribution in [3.63, 3.8) is 0 Å². The van der Waals surface area contributed by atoms with Crippen molar-refractivity contribution in [2.75, 3.05) is 26.4 Å². The van der Waals surface area contributed by atoms with Crippen LogP contribution in [0.1, 0.15) is 40.4 Å². The van der Waals surface area contributed by atoms with Crippen molar-refractivity contribution in [1.82, 2.24) is 10.6 Å². The van der Waals surface area contributed by atoms with E-state index in [-0.39, 0.29) is 37.3 Å². The molecule has 16 nitrogen and oxygen atoms in total. The third-order valence-corrected chi connectivity index (χ3v) is 10.1. The summed E-state index contributed by atoms with van der Waals surface area (Å²) in [5.41, 5.74) is 1.98. The summed E-state index contributed by atoms with van der Waals surface area (Å²) in [4.78, 5) is 40.7. The van der Waals surface area contributed by atoms with Gasteiger partial charge in [0.1, 0.15) is 48.8 Å². The molecule has 0 aromatic heterocycles. The minimum absolute atomic E-state index is 0.0867. The smallest absolute Gasteiger partial charge is 0.339 e. The van der Waals surface area contributed by atoms with Gasteiger partial charge in [-0.2, -0.15) is 0 Å². The van der Waals surface area contributed by atoms with Gasteiger partial charge in [-0.3, -0.25) is 9.59 Å². The number of aliphatic hydroxyl groups is 6. The highest BCUT2D eigenvalue weighted by Crippen LogP contribution is 2.47. The largest absolute Gasteiger partial charge is 0.456 e. The number of benzene rings is 3. The zero-order chi connectivity index (χ0) is 41.4. The van der Waals surface area contributed by atoms with Gasteiger partial charge in [-0.25, -0.2) is 4.79 Å². The number of nitrogens with one attached hydrogen (secondary N) is 2. The fourth-order valence-electron chi connectivity index (χ4n) is 7.08. The van der Waals surface area contributed by atoms with Gasteiger partial charge in [0, 0.05) is 29.7 Å². The van der Waals surface area contributed by atoms with Crippen molar-refractivity contribution < 1.29 is 68.7 Å². The van der Waals surface area contributed by atoms with Crippen LogP contribution in [0.5, 0.6) is 0 Å². The van der Waals surface area contributed by atoms with Gasteiger partial charge < -0.3 is 65.0 Å². The highest BCUT2D eigenvalue weighted by molar-refractivity contribution is 5.98. The molecule has 3 aliphatic rings. The molecule has 58 heavy (non-hydrogen) atoms. The number of hydrogen-bond acceptors (Lipinski definition) is 14. The van der Waals surface area contributed by atoms with Crippen LogP contribution in [0.15, 0.2) is 103 Å². The monoisotopic (exact) mass is 804 g/mol. The molecule has 16 heteroatoms. The summed E-state index contributed by atoms with van der Waals surface area (Å²) in [7, 11) is 0. The number of carbonyl (C=O) groups is 3. The molecule has 3 aromatic rings.